The van der Waals surface area contributed by atoms with E-state index < -0.39 is 0 Å². The van der Waals surface area contributed by atoms with Gasteiger partial charge in [0.2, 0.25) is 0 Å². The van der Waals surface area contributed by atoms with Crippen molar-refractivity contribution in [2.24, 2.45) is 0 Å². The van der Waals surface area contributed by atoms with Crippen LogP contribution in [0.2, 0.25) is 0 Å². The van der Waals surface area contributed by atoms with Gasteiger partial charge in [-0.25, -0.2) is 0 Å². The summed E-state index contributed by atoms with van der Waals surface area (Å²) in [6, 6.07) is 0. The molecular formula is C12H26BrI. The molecule has 0 aliphatic heterocycles. The second-order valence-electron chi connectivity index (χ2n) is 3.50. The van der Waals surface area contributed by atoms with E-state index in [0.29, 0.717) is 0 Å². The normalized spacial score (nSPS) is 9.43. The van der Waals surface area contributed by atoms with E-state index in [-0.39, 0.29) is 0 Å². The molecule has 0 radical (unpaired) electrons. The molecule has 2 heteroatoms. The van der Waals surface area contributed by atoms with Gasteiger partial charge in [-0.05, 0) is 17.3 Å². The molecule has 0 bridgehead atoms. The lowest BCUT2D eigenvalue weighted by molar-refractivity contribution is 0.708. The zero-order valence-electron chi connectivity index (χ0n) is 9.83. The van der Waals surface area contributed by atoms with Gasteiger partial charge in [-0.15, -0.1) is 0 Å². The summed E-state index contributed by atoms with van der Waals surface area (Å²) in [5, 5.41) is 1.17. The highest BCUT2D eigenvalue weighted by Gasteiger charge is 1.81. The summed E-state index contributed by atoms with van der Waals surface area (Å²) >= 11 is 5.81. The van der Waals surface area contributed by atoms with Crippen molar-refractivity contribution in [1.82, 2.24) is 0 Å². The van der Waals surface area contributed by atoms with Crippen LogP contribution in [0.15, 0.2) is 0 Å². The molecule has 0 atom stereocenters. The second kappa shape index (κ2) is 19.7. The molecule has 0 saturated carbocycles. The standard InChI is InChI=1S/C6H13Br.C6H13I/c2*1-2-3-4-5-6-7/h2*2-6H2,1H3. The topological polar surface area (TPSA) is 0 Å². The summed E-state index contributed by atoms with van der Waals surface area (Å²) in [7, 11) is 0. The van der Waals surface area contributed by atoms with Crippen LogP contribution in [0.1, 0.15) is 65.2 Å². The minimum absolute atomic E-state index is 1.17. The van der Waals surface area contributed by atoms with Gasteiger partial charge in [-0.3, -0.25) is 0 Å². The van der Waals surface area contributed by atoms with Crippen molar-refractivity contribution in [3.05, 3.63) is 0 Å². The van der Waals surface area contributed by atoms with E-state index in [1.807, 2.05) is 0 Å². The van der Waals surface area contributed by atoms with Gasteiger partial charge in [0, 0.05) is 5.33 Å². The SMILES string of the molecule is CCCCCCBr.CCCCCCI. The lowest BCUT2D eigenvalue weighted by atomic mass is 10.2. The van der Waals surface area contributed by atoms with Gasteiger partial charge in [0.25, 0.3) is 0 Å². The van der Waals surface area contributed by atoms with E-state index >= 15 is 0 Å². The zero-order valence-corrected chi connectivity index (χ0v) is 13.6. The summed E-state index contributed by atoms with van der Waals surface area (Å²) in [4.78, 5) is 0. The smallest absolute Gasteiger partial charge is 0.00313 e. The number of hydrogen-bond donors (Lipinski definition) is 0. The first-order valence-electron chi connectivity index (χ1n) is 5.95. The number of halogens is 2. The summed E-state index contributed by atoms with van der Waals surface area (Å²) in [6.07, 6.45) is 11.1. The lowest BCUT2D eigenvalue weighted by Gasteiger charge is -1.89. The molecule has 0 nitrogen and oxygen atoms in total. The van der Waals surface area contributed by atoms with Crippen molar-refractivity contribution < 1.29 is 0 Å². The van der Waals surface area contributed by atoms with Gasteiger partial charge in [-0.1, -0.05) is 90.9 Å². The highest BCUT2D eigenvalue weighted by atomic mass is 127. The maximum Gasteiger partial charge on any atom is 0.00313 e. The Morgan fingerprint density at radius 1 is 0.786 bits per heavy atom. The van der Waals surface area contributed by atoms with Gasteiger partial charge in [-0.2, -0.15) is 0 Å². The Hall–Kier alpha value is 1.21. The highest BCUT2D eigenvalue weighted by Crippen LogP contribution is 2.00. The molecule has 0 N–H and O–H groups in total. The molecule has 0 unspecified atom stereocenters. The van der Waals surface area contributed by atoms with E-state index in [2.05, 4.69) is 52.4 Å². The molecule has 0 spiro atoms. The van der Waals surface area contributed by atoms with Crippen LogP contribution in [-0.2, 0) is 0 Å². The Bertz CT molecular complexity index is 58.7. The summed E-state index contributed by atoms with van der Waals surface area (Å²) in [5.41, 5.74) is 0. The molecule has 0 heterocycles. The minimum Gasteiger partial charge on any atom is -0.0928 e. The van der Waals surface area contributed by atoms with Crippen LogP contribution in [0, 0.1) is 0 Å². The summed E-state index contributed by atoms with van der Waals surface area (Å²) < 4.78 is 1.33. The van der Waals surface area contributed by atoms with E-state index in [0.717, 1.165) is 0 Å². The molecule has 14 heavy (non-hydrogen) atoms. The van der Waals surface area contributed by atoms with E-state index in [1.54, 1.807) is 0 Å². The fourth-order valence-electron chi connectivity index (χ4n) is 1.04. The van der Waals surface area contributed by atoms with Crippen LogP contribution in [0.25, 0.3) is 0 Å². The van der Waals surface area contributed by atoms with E-state index in [4.69, 9.17) is 0 Å². The average Bonchev–Trinajstić information content (AvgIpc) is 2.21. The minimum atomic E-state index is 1.17. The van der Waals surface area contributed by atoms with E-state index in [1.165, 1.54) is 61.1 Å². The summed E-state index contributed by atoms with van der Waals surface area (Å²) in [5.74, 6) is 0. The molecule has 0 aliphatic carbocycles. The number of unbranched alkanes of at least 4 members (excludes halogenated alkanes) is 6. The van der Waals surface area contributed by atoms with Crippen LogP contribution >= 0.6 is 38.5 Å². The Kier molecular flexibility index (Phi) is 24.8. The fourth-order valence-corrected chi connectivity index (χ4v) is 1.98. The monoisotopic (exact) mass is 376 g/mol. The molecular weight excluding hydrogens is 351 g/mol. The fraction of sp³-hybridized carbons (Fsp3) is 1.00. The van der Waals surface area contributed by atoms with Gasteiger partial charge in [0.15, 0.2) is 0 Å². The average molecular weight is 377 g/mol. The molecule has 0 aromatic rings. The molecule has 0 aromatic carbocycles. The summed E-state index contributed by atoms with van der Waals surface area (Å²) in [6.45, 7) is 4.47. The molecule has 0 aromatic heterocycles. The Labute approximate surface area is 113 Å². The van der Waals surface area contributed by atoms with Crippen molar-refractivity contribution in [3.63, 3.8) is 0 Å². The first-order valence-corrected chi connectivity index (χ1v) is 8.60. The quantitative estimate of drug-likeness (QED) is 0.278. The van der Waals surface area contributed by atoms with Gasteiger partial charge in [0.1, 0.15) is 0 Å². The van der Waals surface area contributed by atoms with Crippen LogP contribution in [-0.4, -0.2) is 9.76 Å². The molecule has 88 valence electrons. The van der Waals surface area contributed by atoms with Crippen LogP contribution in [0.3, 0.4) is 0 Å². The number of rotatable bonds is 8. The Balaban J connectivity index is 0. The van der Waals surface area contributed by atoms with Crippen molar-refractivity contribution in [1.29, 1.82) is 0 Å². The molecule has 0 saturated heterocycles. The third kappa shape index (κ3) is 23.2. The maximum atomic E-state index is 3.38. The third-order valence-corrected chi connectivity index (χ3v) is 3.30. The molecule has 0 amide bonds. The van der Waals surface area contributed by atoms with Gasteiger partial charge < -0.3 is 0 Å². The second-order valence-corrected chi connectivity index (χ2v) is 5.37. The first kappa shape index (κ1) is 17.6. The molecule has 0 rings (SSSR count). The van der Waals surface area contributed by atoms with Gasteiger partial charge in [0.05, 0.1) is 0 Å². The number of hydrogen-bond acceptors (Lipinski definition) is 0. The Morgan fingerprint density at radius 2 is 1.29 bits per heavy atom. The Morgan fingerprint density at radius 3 is 1.64 bits per heavy atom. The van der Waals surface area contributed by atoms with Crippen LogP contribution < -0.4 is 0 Å². The number of alkyl halides is 2. The van der Waals surface area contributed by atoms with Crippen LogP contribution in [0.4, 0.5) is 0 Å². The van der Waals surface area contributed by atoms with Crippen molar-refractivity contribution >= 4 is 38.5 Å². The first-order chi connectivity index (χ1) is 6.83. The lowest BCUT2D eigenvalue weighted by Crippen LogP contribution is -1.73. The van der Waals surface area contributed by atoms with Crippen molar-refractivity contribution in [2.45, 2.75) is 65.2 Å². The third-order valence-electron chi connectivity index (χ3n) is 1.97. The highest BCUT2D eigenvalue weighted by molar-refractivity contribution is 14.1. The predicted octanol–water partition coefficient (Wildman–Crippen LogP) is 5.96. The molecule has 0 aliphatic rings. The van der Waals surface area contributed by atoms with Gasteiger partial charge >= 0.3 is 0 Å². The maximum absolute atomic E-state index is 3.38. The van der Waals surface area contributed by atoms with Crippen molar-refractivity contribution in [3.8, 4) is 0 Å². The largest absolute Gasteiger partial charge is 0.0928 e. The molecule has 0 fully saturated rings. The van der Waals surface area contributed by atoms with Crippen molar-refractivity contribution in [2.75, 3.05) is 9.76 Å². The predicted molar refractivity (Wildman–Crippen MR) is 81.0 cm³/mol. The van der Waals surface area contributed by atoms with Crippen LogP contribution in [0.5, 0.6) is 0 Å². The zero-order chi connectivity index (χ0) is 11.1. The van der Waals surface area contributed by atoms with E-state index in [9.17, 15) is 0 Å².